The van der Waals surface area contributed by atoms with Crippen molar-refractivity contribution in [3.63, 3.8) is 0 Å². The zero-order valence-electron chi connectivity index (χ0n) is 25.3. The molecule has 3 fully saturated rings. The van der Waals surface area contributed by atoms with Gasteiger partial charge in [-0.3, -0.25) is 0 Å². The van der Waals surface area contributed by atoms with Crippen LogP contribution in [-0.2, 0) is 4.74 Å². The molecule has 4 aliphatic rings. The standard InChI is InChI=1S/C33H58N2O2/c1-23(2)10-8-11-24(3)28-14-15-29-27-13-12-25-22-26(37-31(36)34-20-9-21-35(6)7)16-18-32(25,4)30(27)17-19-33(28,29)5/h12,23-24,26-30H,8-11,13-22H2,1-7H3,(H,34,36)/t24-,26+,27+,28-,29+,30+,32+,33-/m1/s1. The maximum absolute atomic E-state index is 12.4. The third-order valence-corrected chi connectivity index (χ3v) is 11.6. The molecule has 0 aromatic carbocycles. The highest BCUT2D eigenvalue weighted by molar-refractivity contribution is 5.67. The zero-order valence-corrected chi connectivity index (χ0v) is 25.3. The Morgan fingerprint density at radius 1 is 1.05 bits per heavy atom. The van der Waals surface area contributed by atoms with Crippen molar-refractivity contribution in [2.24, 2.45) is 46.3 Å². The Balaban J connectivity index is 1.35. The van der Waals surface area contributed by atoms with Gasteiger partial charge in [0.1, 0.15) is 6.10 Å². The summed E-state index contributed by atoms with van der Waals surface area (Å²) in [4.78, 5) is 14.5. The van der Waals surface area contributed by atoms with E-state index in [1.165, 1.54) is 57.8 Å². The number of hydrogen-bond acceptors (Lipinski definition) is 3. The highest BCUT2D eigenvalue weighted by Gasteiger charge is 2.59. The van der Waals surface area contributed by atoms with E-state index in [2.05, 4.69) is 65.0 Å². The minimum atomic E-state index is -0.227. The molecule has 0 aromatic heterocycles. The minimum Gasteiger partial charge on any atom is -0.446 e. The van der Waals surface area contributed by atoms with Gasteiger partial charge in [0.15, 0.2) is 0 Å². The monoisotopic (exact) mass is 514 g/mol. The van der Waals surface area contributed by atoms with Crippen LogP contribution in [0.1, 0.15) is 112 Å². The van der Waals surface area contributed by atoms with Crippen molar-refractivity contribution in [1.29, 1.82) is 0 Å². The van der Waals surface area contributed by atoms with Crippen LogP contribution < -0.4 is 5.32 Å². The summed E-state index contributed by atoms with van der Waals surface area (Å²) in [7, 11) is 4.13. The van der Waals surface area contributed by atoms with Gasteiger partial charge in [-0.1, -0.05) is 65.5 Å². The molecule has 212 valence electrons. The van der Waals surface area contributed by atoms with Crippen LogP contribution in [0.15, 0.2) is 11.6 Å². The van der Waals surface area contributed by atoms with Gasteiger partial charge in [0.05, 0.1) is 0 Å². The lowest BCUT2D eigenvalue weighted by Gasteiger charge is -2.58. The summed E-state index contributed by atoms with van der Waals surface area (Å²) in [5, 5.41) is 2.97. The van der Waals surface area contributed by atoms with E-state index in [0.29, 0.717) is 17.4 Å². The van der Waals surface area contributed by atoms with Crippen molar-refractivity contribution in [2.75, 3.05) is 27.2 Å². The van der Waals surface area contributed by atoms with E-state index in [0.717, 1.165) is 61.3 Å². The summed E-state index contributed by atoms with van der Waals surface area (Å²) >= 11 is 0. The van der Waals surface area contributed by atoms with Crippen LogP contribution in [0, 0.1) is 46.3 Å². The number of alkyl carbamates (subject to hydrolysis) is 1. The van der Waals surface area contributed by atoms with Crippen LogP contribution in [0.4, 0.5) is 4.79 Å². The van der Waals surface area contributed by atoms with Gasteiger partial charge in [0.25, 0.3) is 0 Å². The largest absolute Gasteiger partial charge is 0.446 e. The number of fused-ring (bicyclic) bond motifs is 5. The molecule has 4 nitrogen and oxygen atoms in total. The average Bonchev–Trinajstić information content (AvgIpc) is 3.19. The van der Waals surface area contributed by atoms with E-state index in [-0.39, 0.29) is 12.2 Å². The molecular weight excluding hydrogens is 456 g/mol. The molecule has 0 aromatic rings. The molecule has 0 unspecified atom stereocenters. The quantitative estimate of drug-likeness (QED) is 0.237. The molecule has 0 aliphatic heterocycles. The molecular formula is C33H58N2O2. The molecule has 0 radical (unpaired) electrons. The van der Waals surface area contributed by atoms with Crippen molar-refractivity contribution in [1.82, 2.24) is 10.2 Å². The molecule has 0 spiro atoms. The molecule has 0 heterocycles. The predicted molar refractivity (Wildman–Crippen MR) is 154 cm³/mol. The molecule has 4 heteroatoms. The van der Waals surface area contributed by atoms with Gasteiger partial charge in [-0.05, 0) is 118 Å². The molecule has 4 rings (SSSR count). The Bertz CT molecular complexity index is 806. The molecule has 4 aliphatic carbocycles. The van der Waals surface area contributed by atoms with Gasteiger partial charge < -0.3 is 15.0 Å². The molecule has 37 heavy (non-hydrogen) atoms. The number of hydrogen-bond donors (Lipinski definition) is 1. The zero-order chi connectivity index (χ0) is 26.8. The summed E-state index contributed by atoms with van der Waals surface area (Å²) in [6, 6.07) is 0. The molecule has 1 amide bonds. The summed E-state index contributed by atoms with van der Waals surface area (Å²) in [6.45, 7) is 14.2. The Morgan fingerprint density at radius 2 is 1.84 bits per heavy atom. The van der Waals surface area contributed by atoms with E-state index in [9.17, 15) is 4.79 Å². The molecule has 8 atom stereocenters. The number of nitrogens with zero attached hydrogens (tertiary/aromatic N) is 1. The molecule has 0 bridgehead atoms. The molecule has 3 saturated carbocycles. The van der Waals surface area contributed by atoms with Crippen LogP contribution in [0.3, 0.4) is 0 Å². The first-order chi connectivity index (χ1) is 17.5. The number of amides is 1. The third kappa shape index (κ3) is 6.25. The number of ether oxygens (including phenoxy) is 1. The van der Waals surface area contributed by atoms with Crippen molar-refractivity contribution in [3.8, 4) is 0 Å². The van der Waals surface area contributed by atoms with E-state index in [1.54, 1.807) is 5.57 Å². The second-order valence-corrected chi connectivity index (χ2v) is 14.6. The van der Waals surface area contributed by atoms with Crippen molar-refractivity contribution in [2.45, 2.75) is 118 Å². The highest BCUT2D eigenvalue weighted by Crippen LogP contribution is 2.67. The summed E-state index contributed by atoms with van der Waals surface area (Å²) < 4.78 is 5.90. The first-order valence-electron chi connectivity index (χ1n) is 15.8. The summed E-state index contributed by atoms with van der Waals surface area (Å²) in [5.74, 6) is 5.21. The van der Waals surface area contributed by atoms with Gasteiger partial charge in [0.2, 0.25) is 0 Å². The lowest BCUT2D eigenvalue weighted by molar-refractivity contribution is -0.0581. The number of rotatable bonds is 10. The average molecular weight is 515 g/mol. The Kier molecular flexibility index (Phi) is 9.40. The fourth-order valence-corrected chi connectivity index (χ4v) is 9.53. The summed E-state index contributed by atoms with van der Waals surface area (Å²) in [5.41, 5.74) is 2.46. The second-order valence-electron chi connectivity index (χ2n) is 14.6. The fourth-order valence-electron chi connectivity index (χ4n) is 9.53. The van der Waals surface area contributed by atoms with Crippen LogP contribution in [-0.4, -0.2) is 44.3 Å². The van der Waals surface area contributed by atoms with Crippen LogP contribution >= 0.6 is 0 Å². The number of carbonyl (C=O) groups is 1. The number of allylic oxidation sites excluding steroid dienone is 1. The highest BCUT2D eigenvalue weighted by atomic mass is 16.6. The van der Waals surface area contributed by atoms with Gasteiger partial charge in [-0.25, -0.2) is 4.79 Å². The second kappa shape index (κ2) is 12.0. The fraction of sp³-hybridized carbons (Fsp3) is 0.909. The number of carbonyl (C=O) groups excluding carboxylic acids is 1. The molecule has 0 saturated heterocycles. The maximum Gasteiger partial charge on any atom is 0.407 e. The lowest BCUT2D eigenvalue weighted by Crippen LogP contribution is -2.51. The lowest BCUT2D eigenvalue weighted by atomic mass is 9.47. The van der Waals surface area contributed by atoms with E-state index < -0.39 is 0 Å². The Hall–Kier alpha value is -1.03. The van der Waals surface area contributed by atoms with Crippen LogP contribution in [0.2, 0.25) is 0 Å². The first kappa shape index (κ1) is 29.0. The topological polar surface area (TPSA) is 41.6 Å². The van der Waals surface area contributed by atoms with Crippen molar-refractivity contribution in [3.05, 3.63) is 11.6 Å². The normalized spacial score (nSPS) is 38.0. The SMILES string of the molecule is CC(C)CCC[C@@H](C)[C@H]1CC[C@H]2[C@@H]3CC=C4C[C@@H](OC(=O)NCCCN(C)C)CC[C@]4(C)[C@H]3CC[C@]12C. The minimum absolute atomic E-state index is 0.0427. The van der Waals surface area contributed by atoms with Gasteiger partial charge in [0, 0.05) is 13.0 Å². The van der Waals surface area contributed by atoms with Crippen molar-refractivity contribution >= 4 is 6.09 Å². The number of nitrogens with one attached hydrogen (secondary N) is 1. The van der Waals surface area contributed by atoms with E-state index in [1.807, 2.05) is 0 Å². The van der Waals surface area contributed by atoms with Crippen LogP contribution in [0.25, 0.3) is 0 Å². The van der Waals surface area contributed by atoms with Gasteiger partial charge in [-0.15, -0.1) is 0 Å². The first-order valence-corrected chi connectivity index (χ1v) is 15.8. The maximum atomic E-state index is 12.4. The van der Waals surface area contributed by atoms with Crippen molar-refractivity contribution < 1.29 is 9.53 Å². The molecule has 1 N–H and O–H groups in total. The van der Waals surface area contributed by atoms with Crippen LogP contribution in [0.5, 0.6) is 0 Å². The third-order valence-electron chi connectivity index (χ3n) is 11.6. The predicted octanol–water partition coefficient (Wildman–Crippen LogP) is 8.07. The smallest absolute Gasteiger partial charge is 0.407 e. The summed E-state index contributed by atoms with van der Waals surface area (Å²) in [6.07, 6.45) is 17.7. The van der Waals surface area contributed by atoms with E-state index in [4.69, 9.17) is 4.74 Å². The Morgan fingerprint density at radius 3 is 2.57 bits per heavy atom. The Labute approximate surface area is 228 Å². The van der Waals surface area contributed by atoms with Gasteiger partial charge in [-0.2, -0.15) is 0 Å². The van der Waals surface area contributed by atoms with Gasteiger partial charge >= 0.3 is 6.09 Å². The van der Waals surface area contributed by atoms with E-state index >= 15 is 0 Å².